The van der Waals surface area contributed by atoms with Gasteiger partial charge in [-0.2, -0.15) is 0 Å². The minimum absolute atomic E-state index is 0. The van der Waals surface area contributed by atoms with Gasteiger partial charge in [0.25, 0.3) is 5.91 Å². The highest BCUT2D eigenvalue weighted by molar-refractivity contribution is 6.09. The molecule has 1 saturated heterocycles. The SMILES string of the molecule is CC1CCCCC12NC(=O)N(CC(=O)NC1C3CCCC1CC(N)C3)C2=O.Cl. The second-order valence-corrected chi connectivity index (χ2v) is 9.22. The number of carbonyl (C=O) groups excluding carboxylic acids is 3. The summed E-state index contributed by atoms with van der Waals surface area (Å²) in [7, 11) is 0. The standard InChI is InChI=1S/C20H32N4O3.ClH/c1-12-5-2-3-8-20(12)18(26)24(19(27)23-20)11-16(25)22-17-13-6-4-7-14(17)10-15(21)9-13;/h12-15,17H,2-11,21H2,1H3,(H,22,25)(H,23,27);1H. The first-order valence-corrected chi connectivity index (χ1v) is 10.6. The number of hydrogen-bond acceptors (Lipinski definition) is 4. The van der Waals surface area contributed by atoms with Crippen molar-refractivity contribution in [3.8, 4) is 0 Å². The van der Waals surface area contributed by atoms with Crippen LogP contribution in [0.3, 0.4) is 0 Å². The van der Waals surface area contributed by atoms with Crippen LogP contribution in [0.1, 0.15) is 64.7 Å². The van der Waals surface area contributed by atoms with Gasteiger partial charge in [0.15, 0.2) is 0 Å². The quantitative estimate of drug-likeness (QED) is 0.616. The van der Waals surface area contributed by atoms with Gasteiger partial charge in [0.05, 0.1) is 0 Å². The van der Waals surface area contributed by atoms with E-state index in [0.717, 1.165) is 49.8 Å². The highest BCUT2D eigenvalue weighted by atomic mass is 35.5. The number of amides is 4. The molecule has 158 valence electrons. The molecular weight excluding hydrogens is 380 g/mol. The van der Waals surface area contributed by atoms with Gasteiger partial charge in [-0.3, -0.25) is 14.5 Å². The normalized spacial score (nSPS) is 40.1. The lowest BCUT2D eigenvalue weighted by Crippen LogP contribution is -2.56. The third-order valence-electron chi connectivity index (χ3n) is 7.51. The Morgan fingerprint density at radius 1 is 1.18 bits per heavy atom. The van der Waals surface area contributed by atoms with Crippen LogP contribution in [-0.2, 0) is 9.59 Å². The van der Waals surface area contributed by atoms with Crippen LogP contribution in [-0.4, -0.2) is 46.9 Å². The molecule has 4 fully saturated rings. The molecule has 1 aliphatic heterocycles. The average Bonchev–Trinajstić information content (AvgIpc) is 2.83. The van der Waals surface area contributed by atoms with Crippen molar-refractivity contribution in [1.29, 1.82) is 0 Å². The van der Waals surface area contributed by atoms with Crippen LogP contribution in [0.25, 0.3) is 0 Å². The van der Waals surface area contributed by atoms with E-state index in [1.165, 1.54) is 6.42 Å². The van der Waals surface area contributed by atoms with Gasteiger partial charge in [-0.15, -0.1) is 12.4 Å². The summed E-state index contributed by atoms with van der Waals surface area (Å²) in [6.45, 7) is 1.84. The van der Waals surface area contributed by atoms with E-state index in [9.17, 15) is 14.4 Å². The maximum atomic E-state index is 13.0. The van der Waals surface area contributed by atoms with Gasteiger partial charge in [-0.05, 0) is 56.3 Å². The highest BCUT2D eigenvalue weighted by Crippen LogP contribution is 2.40. The average molecular weight is 413 g/mol. The second-order valence-electron chi connectivity index (χ2n) is 9.22. The number of rotatable bonds is 3. The fraction of sp³-hybridized carbons (Fsp3) is 0.850. The van der Waals surface area contributed by atoms with E-state index in [2.05, 4.69) is 10.6 Å². The first-order valence-electron chi connectivity index (χ1n) is 10.6. The maximum absolute atomic E-state index is 13.0. The number of nitrogens with zero attached hydrogens (tertiary/aromatic N) is 1. The van der Waals surface area contributed by atoms with E-state index in [4.69, 9.17) is 5.73 Å². The topological polar surface area (TPSA) is 105 Å². The Morgan fingerprint density at radius 3 is 2.50 bits per heavy atom. The van der Waals surface area contributed by atoms with Crippen LogP contribution >= 0.6 is 12.4 Å². The van der Waals surface area contributed by atoms with Crippen molar-refractivity contribution in [3.05, 3.63) is 0 Å². The molecule has 4 amide bonds. The number of carbonyl (C=O) groups is 3. The first-order chi connectivity index (χ1) is 12.9. The van der Waals surface area contributed by atoms with Crippen LogP contribution in [0.2, 0.25) is 0 Å². The Labute approximate surface area is 172 Å². The number of nitrogens with one attached hydrogen (secondary N) is 2. The summed E-state index contributed by atoms with van der Waals surface area (Å²) < 4.78 is 0. The molecule has 3 aliphatic carbocycles. The van der Waals surface area contributed by atoms with Crippen molar-refractivity contribution in [2.24, 2.45) is 23.5 Å². The van der Waals surface area contributed by atoms with Gasteiger partial charge in [0.2, 0.25) is 5.91 Å². The maximum Gasteiger partial charge on any atom is 0.325 e. The second kappa shape index (κ2) is 8.19. The van der Waals surface area contributed by atoms with E-state index in [1.54, 1.807) is 0 Å². The molecule has 4 unspecified atom stereocenters. The zero-order valence-electron chi connectivity index (χ0n) is 16.6. The summed E-state index contributed by atoms with van der Waals surface area (Å²) in [6, 6.07) is -0.0591. The monoisotopic (exact) mass is 412 g/mol. The molecule has 0 aromatic heterocycles. The number of fused-ring (bicyclic) bond motifs is 2. The molecule has 28 heavy (non-hydrogen) atoms. The third-order valence-corrected chi connectivity index (χ3v) is 7.51. The van der Waals surface area contributed by atoms with Gasteiger partial charge in [-0.1, -0.05) is 26.2 Å². The Kier molecular flexibility index (Phi) is 6.25. The molecule has 1 spiro atoms. The fourth-order valence-corrected chi connectivity index (χ4v) is 6.04. The van der Waals surface area contributed by atoms with E-state index in [-0.39, 0.29) is 48.8 Å². The minimum Gasteiger partial charge on any atom is -0.351 e. The Hall–Kier alpha value is -1.34. The van der Waals surface area contributed by atoms with Crippen molar-refractivity contribution in [2.45, 2.75) is 82.3 Å². The Balaban J connectivity index is 0.00000225. The molecule has 0 aromatic carbocycles. The summed E-state index contributed by atoms with van der Waals surface area (Å²) in [5, 5.41) is 6.06. The van der Waals surface area contributed by atoms with Crippen LogP contribution < -0.4 is 16.4 Å². The zero-order valence-corrected chi connectivity index (χ0v) is 17.4. The Bertz CT molecular complexity index is 631. The van der Waals surface area contributed by atoms with E-state index in [1.807, 2.05) is 6.92 Å². The van der Waals surface area contributed by atoms with Crippen molar-refractivity contribution in [2.75, 3.05) is 6.54 Å². The fourth-order valence-electron chi connectivity index (χ4n) is 6.04. The van der Waals surface area contributed by atoms with Gasteiger partial charge < -0.3 is 16.4 Å². The summed E-state index contributed by atoms with van der Waals surface area (Å²) in [5.41, 5.74) is 5.36. The molecule has 4 aliphatic rings. The van der Waals surface area contributed by atoms with Gasteiger partial charge >= 0.3 is 6.03 Å². The largest absolute Gasteiger partial charge is 0.351 e. The summed E-state index contributed by atoms with van der Waals surface area (Å²) in [5.74, 6) is 0.501. The summed E-state index contributed by atoms with van der Waals surface area (Å²) >= 11 is 0. The minimum atomic E-state index is -0.802. The number of urea groups is 1. The van der Waals surface area contributed by atoms with Crippen molar-refractivity contribution < 1.29 is 14.4 Å². The summed E-state index contributed by atoms with van der Waals surface area (Å²) in [4.78, 5) is 39.3. The number of nitrogens with two attached hydrogens (primary N) is 1. The van der Waals surface area contributed by atoms with Gasteiger partial charge in [0.1, 0.15) is 12.1 Å². The zero-order chi connectivity index (χ0) is 19.2. The van der Waals surface area contributed by atoms with E-state index < -0.39 is 11.6 Å². The molecule has 0 radical (unpaired) electrons. The predicted octanol–water partition coefficient (Wildman–Crippen LogP) is 1.93. The van der Waals surface area contributed by atoms with Crippen molar-refractivity contribution in [1.82, 2.24) is 15.5 Å². The number of halogens is 1. The molecule has 4 atom stereocenters. The highest BCUT2D eigenvalue weighted by Gasteiger charge is 2.55. The van der Waals surface area contributed by atoms with Crippen LogP contribution in [0.5, 0.6) is 0 Å². The molecule has 3 saturated carbocycles. The lowest BCUT2D eigenvalue weighted by atomic mass is 9.67. The number of imide groups is 1. The molecule has 4 rings (SSSR count). The van der Waals surface area contributed by atoms with E-state index in [0.29, 0.717) is 18.3 Å². The third kappa shape index (κ3) is 3.63. The predicted molar refractivity (Wildman–Crippen MR) is 108 cm³/mol. The lowest BCUT2D eigenvalue weighted by molar-refractivity contribution is -0.137. The van der Waals surface area contributed by atoms with Crippen LogP contribution in [0, 0.1) is 17.8 Å². The lowest BCUT2D eigenvalue weighted by Gasteiger charge is -2.45. The molecule has 7 nitrogen and oxygen atoms in total. The Morgan fingerprint density at radius 2 is 1.86 bits per heavy atom. The number of hydrogen-bond donors (Lipinski definition) is 3. The van der Waals surface area contributed by atoms with E-state index >= 15 is 0 Å². The smallest absolute Gasteiger partial charge is 0.325 e. The molecule has 8 heteroatoms. The van der Waals surface area contributed by atoms with Gasteiger partial charge in [0, 0.05) is 12.1 Å². The van der Waals surface area contributed by atoms with Gasteiger partial charge in [-0.25, -0.2) is 4.79 Å². The van der Waals surface area contributed by atoms with Crippen LogP contribution in [0.4, 0.5) is 4.79 Å². The molecular formula is C20H33ClN4O3. The first kappa shape index (κ1) is 21.4. The van der Waals surface area contributed by atoms with Crippen molar-refractivity contribution in [3.63, 3.8) is 0 Å². The molecule has 1 heterocycles. The summed E-state index contributed by atoms with van der Waals surface area (Å²) in [6.07, 6.45) is 8.90. The molecule has 4 N–H and O–H groups in total. The molecule has 2 bridgehead atoms. The molecule has 0 aromatic rings. The van der Waals surface area contributed by atoms with Crippen LogP contribution in [0.15, 0.2) is 0 Å². The van der Waals surface area contributed by atoms with Crippen molar-refractivity contribution >= 4 is 30.3 Å².